The second kappa shape index (κ2) is 6.97. The predicted octanol–water partition coefficient (Wildman–Crippen LogP) is 2.38. The second-order valence-electron chi connectivity index (χ2n) is 5.22. The van der Waals surface area contributed by atoms with Crippen LogP contribution in [0.4, 0.5) is 15.8 Å². The van der Waals surface area contributed by atoms with E-state index < -0.39 is 16.6 Å². The van der Waals surface area contributed by atoms with Crippen LogP contribution in [-0.4, -0.2) is 25.6 Å². The lowest BCUT2D eigenvalue weighted by atomic mass is 10.3. The number of rotatable bonds is 5. The average Bonchev–Trinajstić information content (AvgIpc) is 3.02. The van der Waals surface area contributed by atoms with Crippen molar-refractivity contribution in [2.24, 2.45) is 0 Å². The fraction of sp³-hybridized carbons (Fsp3) is 0.0625. The van der Waals surface area contributed by atoms with Gasteiger partial charge in [-0.1, -0.05) is 12.1 Å². The molecule has 0 spiro atoms. The van der Waals surface area contributed by atoms with Gasteiger partial charge >= 0.3 is 5.91 Å². The van der Waals surface area contributed by atoms with E-state index in [1.807, 2.05) is 0 Å². The van der Waals surface area contributed by atoms with E-state index in [0.717, 1.165) is 0 Å². The highest BCUT2D eigenvalue weighted by molar-refractivity contribution is 5.91. The molecule has 26 heavy (non-hydrogen) atoms. The van der Waals surface area contributed by atoms with Gasteiger partial charge in [0, 0.05) is 6.07 Å². The number of anilines is 1. The summed E-state index contributed by atoms with van der Waals surface area (Å²) in [5.74, 6) is -0.782. The van der Waals surface area contributed by atoms with Crippen molar-refractivity contribution in [2.45, 2.75) is 6.92 Å². The summed E-state index contributed by atoms with van der Waals surface area (Å²) in [5.41, 5.74) is 5.29. The number of nitro benzene ring substituents is 1. The van der Waals surface area contributed by atoms with Crippen molar-refractivity contribution in [3.8, 4) is 5.69 Å². The number of hydrogen-bond donors (Lipinski definition) is 2. The maximum absolute atomic E-state index is 13.0. The Morgan fingerprint density at radius 2 is 1.88 bits per heavy atom. The summed E-state index contributed by atoms with van der Waals surface area (Å²) in [6, 6.07) is 11.4. The SMILES string of the molecule is Cc1nc(C(=O)NNc2ccccc2[N+](=O)[O-])nn1-c1ccc(F)cc1. The number of nitrogens with zero attached hydrogens (tertiary/aromatic N) is 4. The largest absolute Gasteiger partial charge is 0.309 e. The van der Waals surface area contributed by atoms with Gasteiger partial charge in [0.25, 0.3) is 5.69 Å². The second-order valence-corrected chi connectivity index (χ2v) is 5.22. The Balaban J connectivity index is 1.76. The first kappa shape index (κ1) is 17.0. The molecular formula is C16H13FN6O3. The number of hydrazine groups is 1. The van der Waals surface area contributed by atoms with Crippen LogP contribution in [0.15, 0.2) is 48.5 Å². The summed E-state index contributed by atoms with van der Waals surface area (Å²) in [4.78, 5) is 26.7. The Bertz CT molecular complexity index is 970. The highest BCUT2D eigenvalue weighted by Gasteiger charge is 2.17. The van der Waals surface area contributed by atoms with Crippen LogP contribution in [0.1, 0.15) is 16.4 Å². The van der Waals surface area contributed by atoms with Crippen molar-refractivity contribution in [1.82, 2.24) is 20.2 Å². The molecule has 1 amide bonds. The molecule has 0 saturated carbocycles. The standard InChI is InChI=1S/C16H13FN6O3/c1-10-18-15(21-22(10)12-8-6-11(17)7-9-12)16(24)20-19-13-4-2-3-5-14(13)23(25)26/h2-9,19H,1H3,(H,20,24). The lowest BCUT2D eigenvalue weighted by Gasteiger charge is -2.06. The van der Waals surface area contributed by atoms with Gasteiger partial charge in [-0.2, -0.15) is 0 Å². The van der Waals surface area contributed by atoms with Gasteiger partial charge in [-0.15, -0.1) is 5.10 Å². The Labute approximate surface area is 146 Å². The van der Waals surface area contributed by atoms with Gasteiger partial charge in [0.05, 0.1) is 10.6 Å². The number of amides is 1. The van der Waals surface area contributed by atoms with Gasteiger partial charge in [-0.3, -0.25) is 25.8 Å². The van der Waals surface area contributed by atoms with E-state index >= 15 is 0 Å². The van der Waals surface area contributed by atoms with Gasteiger partial charge in [0.2, 0.25) is 5.82 Å². The molecule has 9 nitrogen and oxygen atoms in total. The van der Waals surface area contributed by atoms with Crippen molar-refractivity contribution in [3.05, 3.63) is 76.1 Å². The normalized spacial score (nSPS) is 10.4. The van der Waals surface area contributed by atoms with Crippen LogP contribution < -0.4 is 10.9 Å². The molecule has 10 heteroatoms. The van der Waals surface area contributed by atoms with E-state index in [9.17, 15) is 19.3 Å². The third kappa shape index (κ3) is 3.48. The van der Waals surface area contributed by atoms with Crippen LogP contribution in [0, 0.1) is 22.9 Å². The number of para-hydroxylation sites is 2. The Morgan fingerprint density at radius 1 is 1.19 bits per heavy atom. The maximum atomic E-state index is 13.0. The number of benzene rings is 2. The molecule has 0 atom stereocenters. The minimum Gasteiger partial charge on any atom is -0.292 e. The molecule has 0 bridgehead atoms. The molecule has 1 heterocycles. The molecule has 0 aliphatic rings. The third-order valence-electron chi connectivity index (χ3n) is 3.45. The van der Waals surface area contributed by atoms with E-state index in [0.29, 0.717) is 11.5 Å². The van der Waals surface area contributed by atoms with Gasteiger partial charge in [-0.05, 0) is 37.3 Å². The molecule has 2 N–H and O–H groups in total. The molecule has 0 saturated heterocycles. The Hall–Kier alpha value is -3.82. The van der Waals surface area contributed by atoms with Crippen LogP contribution in [0.25, 0.3) is 5.69 Å². The van der Waals surface area contributed by atoms with E-state index in [1.54, 1.807) is 13.0 Å². The minimum absolute atomic E-state index is 0.125. The summed E-state index contributed by atoms with van der Waals surface area (Å²) < 4.78 is 14.4. The Kier molecular flexibility index (Phi) is 4.56. The summed E-state index contributed by atoms with van der Waals surface area (Å²) in [7, 11) is 0. The van der Waals surface area contributed by atoms with Crippen LogP contribution in [0.5, 0.6) is 0 Å². The van der Waals surface area contributed by atoms with Crippen LogP contribution in [0.2, 0.25) is 0 Å². The maximum Gasteiger partial charge on any atom is 0.309 e. The van der Waals surface area contributed by atoms with E-state index in [1.165, 1.54) is 47.1 Å². The van der Waals surface area contributed by atoms with E-state index in [4.69, 9.17) is 0 Å². The first-order valence-electron chi connectivity index (χ1n) is 7.45. The number of nitro groups is 1. The van der Waals surface area contributed by atoms with Gasteiger partial charge in [0.15, 0.2) is 0 Å². The predicted molar refractivity (Wildman–Crippen MR) is 90.2 cm³/mol. The van der Waals surface area contributed by atoms with Crippen molar-refractivity contribution in [2.75, 3.05) is 5.43 Å². The number of aryl methyl sites for hydroxylation is 1. The topological polar surface area (TPSA) is 115 Å². The first-order valence-corrected chi connectivity index (χ1v) is 7.45. The number of hydrogen-bond acceptors (Lipinski definition) is 6. The zero-order chi connectivity index (χ0) is 18.7. The van der Waals surface area contributed by atoms with Gasteiger partial charge in [-0.25, -0.2) is 14.1 Å². The lowest BCUT2D eigenvalue weighted by Crippen LogP contribution is -2.30. The van der Waals surface area contributed by atoms with Gasteiger partial charge in [0.1, 0.15) is 17.3 Å². The van der Waals surface area contributed by atoms with Crippen LogP contribution >= 0.6 is 0 Å². The smallest absolute Gasteiger partial charge is 0.292 e. The zero-order valence-corrected chi connectivity index (χ0v) is 13.5. The van der Waals surface area contributed by atoms with Crippen molar-refractivity contribution >= 4 is 17.3 Å². The fourth-order valence-corrected chi connectivity index (χ4v) is 2.23. The Morgan fingerprint density at radius 3 is 2.58 bits per heavy atom. The summed E-state index contributed by atoms with van der Waals surface area (Å²) >= 11 is 0. The highest BCUT2D eigenvalue weighted by Crippen LogP contribution is 2.22. The average molecular weight is 356 g/mol. The van der Waals surface area contributed by atoms with Gasteiger partial charge < -0.3 is 0 Å². The molecule has 0 radical (unpaired) electrons. The molecule has 0 aliphatic carbocycles. The monoisotopic (exact) mass is 356 g/mol. The zero-order valence-electron chi connectivity index (χ0n) is 13.5. The number of nitrogens with one attached hydrogen (secondary N) is 2. The van der Waals surface area contributed by atoms with E-state index in [2.05, 4.69) is 20.9 Å². The van der Waals surface area contributed by atoms with Crippen molar-refractivity contribution in [1.29, 1.82) is 0 Å². The molecule has 0 fully saturated rings. The lowest BCUT2D eigenvalue weighted by molar-refractivity contribution is -0.384. The molecule has 2 aromatic carbocycles. The third-order valence-corrected chi connectivity index (χ3v) is 3.45. The summed E-state index contributed by atoms with van der Waals surface area (Å²) in [6.07, 6.45) is 0. The molecule has 3 rings (SSSR count). The van der Waals surface area contributed by atoms with Crippen molar-refractivity contribution < 1.29 is 14.1 Å². The fourth-order valence-electron chi connectivity index (χ4n) is 2.23. The molecular weight excluding hydrogens is 343 g/mol. The van der Waals surface area contributed by atoms with Crippen LogP contribution in [-0.2, 0) is 0 Å². The summed E-state index contributed by atoms with van der Waals surface area (Å²) in [6.45, 7) is 1.64. The van der Waals surface area contributed by atoms with Crippen LogP contribution in [0.3, 0.4) is 0 Å². The molecule has 1 aromatic heterocycles. The van der Waals surface area contributed by atoms with Crippen molar-refractivity contribution in [3.63, 3.8) is 0 Å². The number of carbonyl (C=O) groups excluding carboxylic acids is 1. The molecule has 3 aromatic rings. The summed E-state index contributed by atoms with van der Waals surface area (Å²) in [5, 5.41) is 15.0. The number of aromatic nitrogens is 3. The number of halogens is 1. The molecule has 132 valence electrons. The highest BCUT2D eigenvalue weighted by atomic mass is 19.1. The quantitative estimate of drug-likeness (QED) is 0.536. The van der Waals surface area contributed by atoms with E-state index in [-0.39, 0.29) is 17.2 Å². The first-order chi connectivity index (χ1) is 12.5. The number of carbonyl (C=O) groups is 1. The molecule has 0 aliphatic heterocycles. The minimum atomic E-state index is -0.674. The molecule has 0 unspecified atom stereocenters.